The van der Waals surface area contributed by atoms with Gasteiger partial charge in [-0.25, -0.2) is 0 Å². The van der Waals surface area contributed by atoms with E-state index in [4.69, 9.17) is 9.97 Å². The summed E-state index contributed by atoms with van der Waals surface area (Å²) >= 11 is 0. The van der Waals surface area contributed by atoms with Crippen LogP contribution in [0.2, 0.25) is 0 Å². The molecule has 0 aliphatic rings. The summed E-state index contributed by atoms with van der Waals surface area (Å²) in [6.07, 6.45) is 3.56. The van der Waals surface area contributed by atoms with E-state index in [9.17, 15) is 0 Å². The highest BCUT2D eigenvalue weighted by Crippen LogP contribution is 2.38. The van der Waals surface area contributed by atoms with Crippen molar-refractivity contribution in [3.05, 3.63) is 188 Å². The number of fused-ring (bicyclic) bond motifs is 10. The Morgan fingerprint density at radius 1 is 0.302 bits per heavy atom. The van der Waals surface area contributed by atoms with E-state index in [1.54, 1.807) is 12.4 Å². The zero-order chi connectivity index (χ0) is 34.9. The molecule has 0 spiro atoms. The van der Waals surface area contributed by atoms with Gasteiger partial charge in [-0.15, -0.1) is 0 Å². The molecule has 246 valence electrons. The van der Waals surface area contributed by atoms with Gasteiger partial charge < -0.3 is 4.57 Å². The summed E-state index contributed by atoms with van der Waals surface area (Å²) in [6, 6.07) is 64.0. The van der Waals surface area contributed by atoms with Gasteiger partial charge in [0.05, 0.1) is 22.1 Å². The van der Waals surface area contributed by atoms with Gasteiger partial charge in [0.1, 0.15) is 0 Å². The van der Waals surface area contributed by atoms with Crippen molar-refractivity contribution >= 4 is 65.2 Å². The van der Waals surface area contributed by atoms with Crippen LogP contribution in [0.5, 0.6) is 0 Å². The number of benzene rings is 9. The van der Waals surface area contributed by atoms with Gasteiger partial charge in [-0.05, 0) is 103 Å². The second-order valence-electron chi connectivity index (χ2n) is 13.8. The van der Waals surface area contributed by atoms with Gasteiger partial charge in [-0.3, -0.25) is 9.97 Å². The minimum Gasteiger partial charge on any atom is -0.309 e. The van der Waals surface area contributed by atoms with Crippen molar-refractivity contribution in [1.82, 2.24) is 14.5 Å². The van der Waals surface area contributed by atoms with Crippen molar-refractivity contribution in [1.29, 1.82) is 0 Å². The highest BCUT2D eigenvalue weighted by atomic mass is 15.0. The van der Waals surface area contributed by atoms with Crippen LogP contribution in [0.15, 0.2) is 188 Å². The first kappa shape index (κ1) is 29.6. The average Bonchev–Trinajstić information content (AvgIpc) is 3.58. The topological polar surface area (TPSA) is 30.7 Å². The maximum absolute atomic E-state index is 4.74. The predicted molar refractivity (Wildman–Crippen MR) is 223 cm³/mol. The minimum absolute atomic E-state index is 0.940. The third-order valence-corrected chi connectivity index (χ3v) is 10.8. The molecule has 0 saturated carbocycles. The zero-order valence-electron chi connectivity index (χ0n) is 28.7. The lowest BCUT2D eigenvalue weighted by Crippen LogP contribution is -1.93. The Morgan fingerprint density at radius 2 is 0.774 bits per heavy atom. The molecule has 0 N–H and O–H groups in total. The molecule has 11 rings (SSSR count). The normalized spacial score (nSPS) is 11.8. The van der Waals surface area contributed by atoms with Gasteiger partial charge in [0.15, 0.2) is 0 Å². The van der Waals surface area contributed by atoms with E-state index < -0.39 is 0 Å². The Balaban J connectivity index is 0.953. The van der Waals surface area contributed by atoms with Crippen LogP contribution >= 0.6 is 0 Å². The lowest BCUT2D eigenvalue weighted by atomic mass is 9.93. The van der Waals surface area contributed by atoms with Gasteiger partial charge in [0.2, 0.25) is 0 Å². The molecule has 0 bridgehead atoms. The van der Waals surface area contributed by atoms with E-state index in [0.29, 0.717) is 0 Å². The quantitative estimate of drug-likeness (QED) is 0.174. The van der Waals surface area contributed by atoms with Crippen LogP contribution in [-0.4, -0.2) is 14.5 Å². The average molecular weight is 674 g/mol. The van der Waals surface area contributed by atoms with Crippen LogP contribution in [0.4, 0.5) is 0 Å². The Bertz CT molecular complexity index is 3150. The summed E-state index contributed by atoms with van der Waals surface area (Å²) < 4.78 is 2.38. The molecule has 0 fully saturated rings. The lowest BCUT2D eigenvalue weighted by molar-refractivity contribution is 1.19. The largest absolute Gasteiger partial charge is 0.309 e. The number of aromatic nitrogens is 3. The molecule has 0 unspecified atom stereocenters. The molecule has 2 aromatic heterocycles. The van der Waals surface area contributed by atoms with Crippen molar-refractivity contribution in [2.75, 3.05) is 0 Å². The number of hydrogen-bond acceptors (Lipinski definition) is 2. The van der Waals surface area contributed by atoms with Crippen molar-refractivity contribution in [2.45, 2.75) is 0 Å². The molecular formula is C50H31N3. The van der Waals surface area contributed by atoms with Crippen LogP contribution < -0.4 is 0 Å². The van der Waals surface area contributed by atoms with E-state index in [1.165, 1.54) is 82.4 Å². The highest BCUT2D eigenvalue weighted by molar-refractivity contribution is 6.23. The third kappa shape index (κ3) is 4.75. The maximum atomic E-state index is 4.74. The molecule has 0 amide bonds. The predicted octanol–water partition coefficient (Wildman–Crippen LogP) is 13.2. The van der Waals surface area contributed by atoms with Gasteiger partial charge in [0, 0.05) is 39.6 Å². The molecule has 2 heterocycles. The molecular weight excluding hydrogens is 643 g/mol. The molecule has 0 atom stereocenters. The summed E-state index contributed by atoms with van der Waals surface area (Å²) in [6.45, 7) is 0. The molecule has 53 heavy (non-hydrogen) atoms. The first-order valence-corrected chi connectivity index (χ1v) is 18.1. The molecule has 3 heteroatoms. The van der Waals surface area contributed by atoms with Gasteiger partial charge in [0.25, 0.3) is 0 Å². The Kier molecular flexibility index (Phi) is 6.55. The molecule has 0 radical (unpaired) electrons. The summed E-state index contributed by atoms with van der Waals surface area (Å²) in [5.74, 6) is 0. The molecule has 11 aromatic rings. The van der Waals surface area contributed by atoms with E-state index in [-0.39, 0.29) is 0 Å². The summed E-state index contributed by atoms with van der Waals surface area (Å²) in [5.41, 5.74) is 12.7. The van der Waals surface area contributed by atoms with Gasteiger partial charge >= 0.3 is 0 Å². The third-order valence-electron chi connectivity index (χ3n) is 10.8. The Labute approximate surface area is 306 Å². The maximum Gasteiger partial charge on any atom is 0.0971 e. The number of rotatable bonds is 4. The van der Waals surface area contributed by atoms with Crippen molar-refractivity contribution in [3.63, 3.8) is 0 Å². The number of hydrogen-bond donors (Lipinski definition) is 0. The first-order valence-electron chi connectivity index (χ1n) is 18.1. The van der Waals surface area contributed by atoms with Crippen LogP contribution in [0.3, 0.4) is 0 Å². The number of para-hydroxylation sites is 2. The molecule has 0 saturated heterocycles. The zero-order valence-corrected chi connectivity index (χ0v) is 28.7. The van der Waals surface area contributed by atoms with Gasteiger partial charge in [-0.1, -0.05) is 127 Å². The fourth-order valence-electron chi connectivity index (χ4n) is 8.32. The SMILES string of the molecule is c1cc(-c2cccc(-c3ccc4c(c3)c3ccccc3c3nccnc43)c2)cc(-c2ccc3cc(-n4c5ccccc5c5ccccc54)ccc3c2)c1. The van der Waals surface area contributed by atoms with Crippen LogP contribution in [-0.2, 0) is 0 Å². The summed E-state index contributed by atoms with van der Waals surface area (Å²) in [4.78, 5) is 9.43. The van der Waals surface area contributed by atoms with Crippen LogP contribution in [0, 0.1) is 0 Å². The van der Waals surface area contributed by atoms with Crippen molar-refractivity contribution in [2.24, 2.45) is 0 Å². The second kappa shape index (κ2) is 11.7. The molecule has 0 aliphatic carbocycles. The molecule has 0 aliphatic heterocycles. The van der Waals surface area contributed by atoms with E-state index in [0.717, 1.165) is 21.8 Å². The smallest absolute Gasteiger partial charge is 0.0971 e. The van der Waals surface area contributed by atoms with E-state index in [2.05, 4.69) is 180 Å². The van der Waals surface area contributed by atoms with E-state index in [1.807, 2.05) is 0 Å². The van der Waals surface area contributed by atoms with Crippen LogP contribution in [0.25, 0.3) is 104 Å². The Hall–Kier alpha value is -7.10. The van der Waals surface area contributed by atoms with Gasteiger partial charge in [-0.2, -0.15) is 0 Å². The Morgan fingerprint density at radius 3 is 1.42 bits per heavy atom. The van der Waals surface area contributed by atoms with Crippen molar-refractivity contribution < 1.29 is 0 Å². The first-order chi connectivity index (χ1) is 26.3. The fraction of sp³-hybridized carbons (Fsp3) is 0. The number of nitrogens with zero attached hydrogens (tertiary/aromatic N) is 3. The minimum atomic E-state index is 0.940. The standard InChI is InChI=1S/C50H31N3/c1-2-16-44-41(13-1)46-31-39(22-24-45(46)50-49(44)51-25-26-52-50)35-12-8-10-33(28-35)32-9-7-11-34(27-32)36-19-20-38-30-40(23-21-37(38)29-36)53-47-17-5-3-14-42(47)43-15-4-6-18-48(43)53/h1-31H. The van der Waals surface area contributed by atoms with Crippen molar-refractivity contribution in [3.8, 4) is 39.1 Å². The summed E-state index contributed by atoms with van der Waals surface area (Å²) in [5, 5.41) is 9.64. The highest BCUT2D eigenvalue weighted by Gasteiger charge is 2.14. The molecule has 9 aromatic carbocycles. The van der Waals surface area contributed by atoms with Crippen LogP contribution in [0.1, 0.15) is 0 Å². The second-order valence-corrected chi connectivity index (χ2v) is 13.8. The monoisotopic (exact) mass is 673 g/mol. The lowest BCUT2D eigenvalue weighted by Gasteiger charge is -2.12. The fourth-order valence-corrected chi connectivity index (χ4v) is 8.32. The van der Waals surface area contributed by atoms with E-state index >= 15 is 0 Å². The summed E-state index contributed by atoms with van der Waals surface area (Å²) in [7, 11) is 0. The molecule has 3 nitrogen and oxygen atoms in total.